The van der Waals surface area contributed by atoms with E-state index in [0.717, 1.165) is 30.4 Å². The van der Waals surface area contributed by atoms with Gasteiger partial charge in [-0.15, -0.1) is 0 Å². The summed E-state index contributed by atoms with van der Waals surface area (Å²) in [6.45, 7) is 13.6. The molecule has 0 amide bonds. The fraction of sp³-hybridized carbons (Fsp3) is 0.407. The Labute approximate surface area is 180 Å². The smallest absolute Gasteiger partial charge is 0.166 e. The van der Waals surface area contributed by atoms with Crippen molar-refractivity contribution in [2.45, 2.75) is 72.9 Å². The predicted octanol–water partition coefficient (Wildman–Crippen LogP) is 9.08. The molecule has 0 unspecified atom stereocenters. The van der Waals surface area contributed by atoms with E-state index in [1.54, 1.807) is 12.1 Å². The lowest BCUT2D eigenvalue weighted by Gasteiger charge is -2.21. The monoisotopic (exact) mass is 414 g/mol. The third kappa shape index (κ3) is 7.10. The summed E-state index contributed by atoms with van der Waals surface area (Å²) in [6, 6.07) is 8.55. The summed E-state index contributed by atoms with van der Waals surface area (Å²) < 4.78 is 43.3. The summed E-state index contributed by atoms with van der Waals surface area (Å²) in [5.41, 5.74) is 2.70. The van der Waals surface area contributed by atoms with Gasteiger partial charge >= 0.3 is 6.18 Å². The van der Waals surface area contributed by atoms with Crippen LogP contribution in [0, 0.1) is 12.1 Å². The molecule has 0 bridgehead atoms. The van der Waals surface area contributed by atoms with Gasteiger partial charge in [0.25, 0.3) is 0 Å². The van der Waals surface area contributed by atoms with Crippen LogP contribution < -0.4 is 0 Å². The van der Waals surface area contributed by atoms with E-state index in [4.69, 9.17) is 0 Å². The fourth-order valence-electron chi connectivity index (χ4n) is 3.48. The SMILES string of the molecule is C=Cc1ccc#cc1/C(=C(CCC)/C(=C/C=C(/C)CCC)C(/C)=C\CC)C(F)(F)F. The maximum absolute atomic E-state index is 14.4. The summed E-state index contributed by atoms with van der Waals surface area (Å²) in [6.07, 6.45) is 6.28. The van der Waals surface area contributed by atoms with Gasteiger partial charge in [-0.05, 0) is 67.5 Å². The van der Waals surface area contributed by atoms with Crippen molar-refractivity contribution in [3.63, 3.8) is 0 Å². The van der Waals surface area contributed by atoms with Crippen molar-refractivity contribution in [2.75, 3.05) is 0 Å². The van der Waals surface area contributed by atoms with Gasteiger partial charge < -0.3 is 0 Å². The van der Waals surface area contributed by atoms with Crippen LogP contribution in [0.4, 0.5) is 13.2 Å². The zero-order valence-electron chi connectivity index (χ0n) is 18.8. The van der Waals surface area contributed by atoms with Gasteiger partial charge in [-0.3, -0.25) is 0 Å². The van der Waals surface area contributed by atoms with Gasteiger partial charge in [0.1, 0.15) is 0 Å². The van der Waals surface area contributed by atoms with Crippen molar-refractivity contribution in [3.8, 4) is 0 Å². The Kier molecular flexibility index (Phi) is 10.5. The number of allylic oxidation sites excluding steroid dienone is 8. The molecule has 0 atom stereocenters. The van der Waals surface area contributed by atoms with Gasteiger partial charge in [0.05, 0.1) is 5.57 Å². The number of hydrogen-bond donors (Lipinski definition) is 0. The summed E-state index contributed by atoms with van der Waals surface area (Å²) in [4.78, 5) is 0. The fourth-order valence-corrected chi connectivity index (χ4v) is 3.48. The second-order valence-electron chi connectivity index (χ2n) is 7.38. The number of alkyl halides is 3. The largest absolute Gasteiger partial charge is 0.417 e. The van der Waals surface area contributed by atoms with Gasteiger partial charge in [-0.2, -0.15) is 13.2 Å². The predicted molar refractivity (Wildman–Crippen MR) is 123 cm³/mol. The molecule has 0 spiro atoms. The van der Waals surface area contributed by atoms with E-state index < -0.39 is 11.7 Å². The number of halogens is 3. The first-order valence-corrected chi connectivity index (χ1v) is 10.6. The molecule has 30 heavy (non-hydrogen) atoms. The van der Waals surface area contributed by atoms with Gasteiger partial charge in [0.15, 0.2) is 0 Å². The zero-order valence-corrected chi connectivity index (χ0v) is 18.8. The minimum Gasteiger partial charge on any atom is -0.166 e. The molecule has 0 radical (unpaired) electrons. The zero-order chi connectivity index (χ0) is 22.7. The molecular formula is C27H33F3. The molecule has 0 aliphatic carbocycles. The van der Waals surface area contributed by atoms with Crippen molar-refractivity contribution in [3.05, 3.63) is 82.5 Å². The van der Waals surface area contributed by atoms with E-state index in [1.807, 2.05) is 45.9 Å². The highest BCUT2D eigenvalue weighted by molar-refractivity contribution is 5.81. The molecule has 1 aromatic carbocycles. The first-order chi connectivity index (χ1) is 14.2. The second kappa shape index (κ2) is 12.3. The molecule has 1 rings (SSSR count). The Morgan fingerprint density at radius 3 is 2.27 bits per heavy atom. The van der Waals surface area contributed by atoms with Crippen LogP contribution in [0.15, 0.2) is 59.2 Å². The van der Waals surface area contributed by atoms with Crippen LogP contribution in [0.2, 0.25) is 0 Å². The van der Waals surface area contributed by atoms with Crippen LogP contribution in [0.3, 0.4) is 0 Å². The molecule has 0 N–H and O–H groups in total. The average molecular weight is 415 g/mol. The molecule has 0 saturated heterocycles. The molecular weight excluding hydrogens is 381 g/mol. The highest BCUT2D eigenvalue weighted by atomic mass is 19.4. The van der Waals surface area contributed by atoms with Gasteiger partial charge in [-0.1, -0.05) is 82.2 Å². The third-order valence-corrected chi connectivity index (χ3v) is 4.83. The molecule has 1 aromatic rings. The summed E-state index contributed by atoms with van der Waals surface area (Å²) in [5.74, 6) is 0. The first kappa shape index (κ1) is 25.6. The van der Waals surface area contributed by atoms with E-state index in [0.29, 0.717) is 29.6 Å². The third-order valence-electron chi connectivity index (χ3n) is 4.83. The highest BCUT2D eigenvalue weighted by Crippen LogP contribution is 2.42. The molecule has 0 aromatic heterocycles. The van der Waals surface area contributed by atoms with Crippen LogP contribution in [0.1, 0.15) is 77.8 Å². The Balaban J connectivity index is 3.98. The van der Waals surface area contributed by atoms with E-state index in [2.05, 4.69) is 25.6 Å². The molecule has 0 saturated carbocycles. The molecule has 0 nitrogen and oxygen atoms in total. The molecule has 0 fully saturated rings. The average Bonchev–Trinajstić information content (AvgIpc) is 2.68. The van der Waals surface area contributed by atoms with E-state index in [9.17, 15) is 13.2 Å². The lowest BCUT2D eigenvalue weighted by Crippen LogP contribution is -2.15. The maximum atomic E-state index is 14.4. The van der Waals surface area contributed by atoms with Crippen LogP contribution in [0.5, 0.6) is 0 Å². The Hall–Kier alpha value is -2.47. The molecule has 3 heteroatoms. The van der Waals surface area contributed by atoms with Gasteiger partial charge in [-0.25, -0.2) is 0 Å². The molecule has 0 aliphatic rings. The Bertz CT molecular complexity index is 830. The number of hydrogen-bond acceptors (Lipinski definition) is 0. The Morgan fingerprint density at radius 1 is 1.07 bits per heavy atom. The van der Waals surface area contributed by atoms with Gasteiger partial charge in [0.2, 0.25) is 0 Å². The first-order valence-electron chi connectivity index (χ1n) is 10.6. The molecule has 0 heterocycles. The lowest BCUT2D eigenvalue weighted by molar-refractivity contribution is -0.0694. The van der Waals surface area contributed by atoms with Crippen LogP contribution in [-0.4, -0.2) is 6.18 Å². The van der Waals surface area contributed by atoms with Crippen LogP contribution in [-0.2, 0) is 0 Å². The maximum Gasteiger partial charge on any atom is 0.417 e. The normalized spacial score (nSPS) is 14.3. The quantitative estimate of drug-likeness (QED) is 0.335. The van der Waals surface area contributed by atoms with E-state index in [1.165, 1.54) is 6.08 Å². The second-order valence-corrected chi connectivity index (χ2v) is 7.38. The molecule has 0 aliphatic heterocycles. The molecule has 162 valence electrons. The minimum atomic E-state index is -4.53. The van der Waals surface area contributed by atoms with Crippen molar-refractivity contribution in [1.29, 1.82) is 0 Å². The van der Waals surface area contributed by atoms with Gasteiger partial charge in [0, 0.05) is 5.56 Å². The summed E-state index contributed by atoms with van der Waals surface area (Å²) in [7, 11) is 0. The standard InChI is InChI=1S/C27H33F3/c1-7-13-20(5)18-19-23(21(6)14-8-2)25(15-9-3)26(27(28,29)30)24-17-12-11-16-22(24)10-4/h10-11,14,16,18-19H,4,7-9,13,15H2,1-3,5-6H3/b20-18-,21-14-,23-19+,26-25-. The topological polar surface area (TPSA) is 0 Å². The van der Waals surface area contributed by atoms with Crippen molar-refractivity contribution in [1.82, 2.24) is 0 Å². The highest BCUT2D eigenvalue weighted by Gasteiger charge is 2.39. The summed E-state index contributed by atoms with van der Waals surface area (Å²) >= 11 is 0. The minimum absolute atomic E-state index is 0.00732. The van der Waals surface area contributed by atoms with Crippen LogP contribution in [0.25, 0.3) is 11.6 Å². The summed E-state index contributed by atoms with van der Waals surface area (Å²) in [5, 5.41) is 0. The van der Waals surface area contributed by atoms with E-state index >= 15 is 0 Å². The lowest BCUT2D eigenvalue weighted by atomic mass is 9.86. The Morgan fingerprint density at radius 2 is 1.73 bits per heavy atom. The van der Waals surface area contributed by atoms with Crippen molar-refractivity contribution in [2.24, 2.45) is 0 Å². The van der Waals surface area contributed by atoms with Crippen molar-refractivity contribution >= 4 is 11.6 Å². The number of rotatable bonds is 10. The van der Waals surface area contributed by atoms with Crippen molar-refractivity contribution < 1.29 is 13.2 Å². The van der Waals surface area contributed by atoms with Crippen LogP contribution >= 0.6 is 0 Å². The van der Waals surface area contributed by atoms with E-state index in [-0.39, 0.29) is 5.56 Å².